The van der Waals surface area contributed by atoms with Gasteiger partial charge in [0.05, 0.1) is 33.4 Å². The predicted molar refractivity (Wildman–Crippen MR) is 91.4 cm³/mol. The molecule has 0 aliphatic rings. The van der Waals surface area contributed by atoms with Crippen LogP contribution in [0, 0.1) is 11.3 Å². The van der Waals surface area contributed by atoms with Crippen LogP contribution in [0.15, 0.2) is 28.7 Å². The minimum Gasteiger partial charge on any atom is -0.469 e. The first-order chi connectivity index (χ1) is 11.7. The van der Waals surface area contributed by atoms with Gasteiger partial charge in [-0.1, -0.05) is 28.1 Å². The van der Waals surface area contributed by atoms with Crippen molar-refractivity contribution in [1.29, 1.82) is 0 Å². The molecule has 1 aromatic carbocycles. The van der Waals surface area contributed by atoms with Crippen LogP contribution in [0.5, 0.6) is 0 Å². The molecule has 0 bridgehead atoms. The summed E-state index contributed by atoms with van der Waals surface area (Å²) in [5.41, 5.74) is -1.32. The zero-order valence-electron chi connectivity index (χ0n) is 14.4. The topological polar surface area (TPSA) is 99.1 Å². The first kappa shape index (κ1) is 21.1. The lowest BCUT2D eigenvalue weighted by atomic mass is 9.77. The van der Waals surface area contributed by atoms with Gasteiger partial charge in [0.25, 0.3) is 0 Å². The van der Waals surface area contributed by atoms with Crippen LogP contribution in [0.3, 0.4) is 0 Å². The number of carbonyl (C=O) groups is 3. The molecular weight excluding hydrogens is 396 g/mol. The third kappa shape index (κ3) is 4.79. The van der Waals surface area contributed by atoms with E-state index >= 15 is 0 Å². The number of carbonyl (C=O) groups excluding carboxylic acids is 3. The summed E-state index contributed by atoms with van der Waals surface area (Å²) in [5, 5.41) is 10.6. The van der Waals surface area contributed by atoms with Crippen LogP contribution in [-0.2, 0) is 28.6 Å². The highest BCUT2D eigenvalue weighted by atomic mass is 79.9. The molecule has 1 rings (SSSR count). The molecule has 138 valence electrons. The van der Waals surface area contributed by atoms with Gasteiger partial charge in [0.2, 0.25) is 0 Å². The van der Waals surface area contributed by atoms with E-state index in [-0.39, 0.29) is 6.42 Å². The Morgan fingerprint density at radius 1 is 1.04 bits per heavy atom. The summed E-state index contributed by atoms with van der Waals surface area (Å²) in [6.07, 6.45) is -1.62. The first-order valence-corrected chi connectivity index (χ1v) is 8.18. The maximum absolute atomic E-state index is 12.2. The standard InChI is InChI=1S/C17H21BrO7/c1-17(15(21)24-3,16(22)25-4)9-12(14(20)23-2)13(19)10-5-7-11(18)8-6-10/h5-8,12-13,19H,9H2,1-4H3. The summed E-state index contributed by atoms with van der Waals surface area (Å²) < 4.78 is 14.9. The van der Waals surface area contributed by atoms with Crippen molar-refractivity contribution in [1.82, 2.24) is 0 Å². The number of halogens is 1. The molecule has 25 heavy (non-hydrogen) atoms. The SMILES string of the molecule is COC(=O)C(CC(C)(C(=O)OC)C(=O)OC)C(O)c1ccc(Br)cc1. The quantitative estimate of drug-likeness (QED) is 0.412. The van der Waals surface area contributed by atoms with Gasteiger partial charge in [0.15, 0.2) is 5.41 Å². The van der Waals surface area contributed by atoms with E-state index in [1.165, 1.54) is 6.92 Å². The van der Waals surface area contributed by atoms with Gasteiger partial charge in [-0.15, -0.1) is 0 Å². The summed E-state index contributed by atoms with van der Waals surface area (Å²) in [6, 6.07) is 6.65. The Hall–Kier alpha value is -1.93. The average Bonchev–Trinajstić information content (AvgIpc) is 2.63. The zero-order valence-corrected chi connectivity index (χ0v) is 16.0. The zero-order chi connectivity index (χ0) is 19.2. The predicted octanol–water partition coefficient (Wildman–Crippen LogP) is 2.01. The smallest absolute Gasteiger partial charge is 0.322 e. The maximum atomic E-state index is 12.2. The second-order valence-corrected chi connectivity index (χ2v) is 6.56. The Kier molecular flexibility index (Phi) is 7.57. The van der Waals surface area contributed by atoms with Crippen LogP contribution in [0.1, 0.15) is 25.0 Å². The molecule has 0 amide bonds. The minimum absolute atomic E-state index is 0.337. The van der Waals surface area contributed by atoms with Crippen molar-refractivity contribution in [2.24, 2.45) is 11.3 Å². The molecule has 0 heterocycles. The van der Waals surface area contributed by atoms with Crippen molar-refractivity contribution in [3.8, 4) is 0 Å². The van der Waals surface area contributed by atoms with Crippen molar-refractivity contribution in [3.63, 3.8) is 0 Å². The van der Waals surface area contributed by atoms with Crippen LogP contribution in [0.4, 0.5) is 0 Å². The van der Waals surface area contributed by atoms with Crippen molar-refractivity contribution < 1.29 is 33.7 Å². The normalized spacial score (nSPS) is 13.5. The molecule has 7 nitrogen and oxygen atoms in total. The first-order valence-electron chi connectivity index (χ1n) is 7.39. The highest BCUT2D eigenvalue weighted by molar-refractivity contribution is 9.10. The molecule has 0 saturated heterocycles. The Morgan fingerprint density at radius 3 is 1.92 bits per heavy atom. The molecule has 8 heteroatoms. The number of esters is 3. The number of ether oxygens (including phenoxy) is 3. The molecule has 1 aromatic rings. The van der Waals surface area contributed by atoms with Gasteiger partial charge in [0, 0.05) is 4.47 Å². The summed E-state index contributed by atoms with van der Waals surface area (Å²) in [7, 11) is 3.42. The number of benzene rings is 1. The number of aliphatic hydroxyl groups is 1. The number of methoxy groups -OCH3 is 3. The molecule has 0 spiro atoms. The van der Waals surface area contributed by atoms with Crippen molar-refractivity contribution in [2.75, 3.05) is 21.3 Å². The molecule has 0 aromatic heterocycles. The van der Waals surface area contributed by atoms with E-state index < -0.39 is 35.3 Å². The number of aliphatic hydroxyl groups excluding tert-OH is 1. The van der Waals surface area contributed by atoms with E-state index in [1.807, 2.05) is 0 Å². The largest absolute Gasteiger partial charge is 0.469 e. The average molecular weight is 417 g/mol. The number of hydrogen-bond acceptors (Lipinski definition) is 7. The van der Waals surface area contributed by atoms with Crippen LogP contribution >= 0.6 is 15.9 Å². The third-order valence-corrected chi connectivity index (χ3v) is 4.53. The Labute approximate surface area is 154 Å². The van der Waals surface area contributed by atoms with Crippen LogP contribution in [-0.4, -0.2) is 44.3 Å². The second-order valence-electron chi connectivity index (χ2n) is 5.65. The Bertz CT molecular complexity index is 610. The van der Waals surface area contributed by atoms with E-state index in [4.69, 9.17) is 4.74 Å². The fourth-order valence-electron chi connectivity index (χ4n) is 2.51. The van der Waals surface area contributed by atoms with Gasteiger partial charge in [0.1, 0.15) is 0 Å². The highest BCUT2D eigenvalue weighted by Gasteiger charge is 2.48. The van der Waals surface area contributed by atoms with E-state index in [0.29, 0.717) is 5.56 Å². The summed E-state index contributed by atoms with van der Waals surface area (Å²) in [4.78, 5) is 36.4. The fraction of sp³-hybridized carbons (Fsp3) is 0.471. The fourth-order valence-corrected chi connectivity index (χ4v) is 2.77. The van der Waals surface area contributed by atoms with E-state index in [2.05, 4.69) is 25.4 Å². The van der Waals surface area contributed by atoms with Crippen LogP contribution in [0.25, 0.3) is 0 Å². The summed E-state index contributed by atoms with van der Waals surface area (Å²) in [6.45, 7) is 1.30. The lowest BCUT2D eigenvalue weighted by molar-refractivity contribution is -0.171. The van der Waals surface area contributed by atoms with Gasteiger partial charge in [-0.25, -0.2) is 0 Å². The minimum atomic E-state index is -1.77. The van der Waals surface area contributed by atoms with Crippen molar-refractivity contribution >= 4 is 33.8 Å². The molecule has 0 fully saturated rings. The van der Waals surface area contributed by atoms with Gasteiger partial charge in [-0.3, -0.25) is 14.4 Å². The monoisotopic (exact) mass is 416 g/mol. The van der Waals surface area contributed by atoms with Crippen LogP contribution in [0.2, 0.25) is 0 Å². The Balaban J connectivity index is 3.25. The molecule has 0 aliphatic heterocycles. The van der Waals surface area contributed by atoms with Crippen LogP contribution < -0.4 is 0 Å². The molecule has 0 saturated carbocycles. The molecule has 0 radical (unpaired) electrons. The van der Waals surface area contributed by atoms with Gasteiger partial charge < -0.3 is 19.3 Å². The van der Waals surface area contributed by atoms with Crippen molar-refractivity contribution in [3.05, 3.63) is 34.3 Å². The van der Waals surface area contributed by atoms with Gasteiger partial charge in [-0.05, 0) is 31.0 Å². The van der Waals surface area contributed by atoms with Gasteiger partial charge >= 0.3 is 17.9 Å². The molecule has 0 aliphatic carbocycles. The second kappa shape index (κ2) is 8.96. The van der Waals surface area contributed by atoms with E-state index in [0.717, 1.165) is 25.8 Å². The number of hydrogen-bond donors (Lipinski definition) is 1. The molecular formula is C17H21BrO7. The van der Waals surface area contributed by atoms with Crippen molar-refractivity contribution in [2.45, 2.75) is 19.4 Å². The lowest BCUT2D eigenvalue weighted by Crippen LogP contribution is -2.42. The highest BCUT2D eigenvalue weighted by Crippen LogP contribution is 2.36. The van der Waals surface area contributed by atoms with E-state index in [1.54, 1.807) is 24.3 Å². The number of rotatable bonds is 7. The molecule has 2 unspecified atom stereocenters. The summed E-state index contributed by atoms with van der Waals surface area (Å²) in [5.74, 6) is -3.66. The molecule has 2 atom stereocenters. The Morgan fingerprint density at radius 2 is 1.52 bits per heavy atom. The third-order valence-electron chi connectivity index (χ3n) is 4.00. The molecule has 1 N–H and O–H groups in total. The van der Waals surface area contributed by atoms with E-state index in [9.17, 15) is 19.5 Å². The lowest BCUT2D eigenvalue weighted by Gasteiger charge is -2.29. The summed E-state index contributed by atoms with van der Waals surface area (Å²) >= 11 is 3.28. The van der Waals surface area contributed by atoms with Gasteiger partial charge in [-0.2, -0.15) is 0 Å². The maximum Gasteiger partial charge on any atom is 0.322 e.